The summed E-state index contributed by atoms with van der Waals surface area (Å²) in [4.78, 5) is 0. The maximum Gasteiger partial charge on any atom is 0.149 e. The highest BCUT2D eigenvalue weighted by Gasteiger charge is 2.01. The predicted octanol–water partition coefficient (Wildman–Crippen LogP) is 3.11. The standard InChI is InChI=1S/C12H12N2O2/c1-9(11-5-3-7-15-11)13-14-10(2)12-6-4-8-16-12/h3-8H,1-2H3/b13-9+,14-10+. The Kier molecular flexibility index (Phi) is 3.00. The molecule has 0 spiro atoms. The first-order chi connectivity index (χ1) is 7.77. The summed E-state index contributed by atoms with van der Waals surface area (Å²) in [7, 11) is 0. The van der Waals surface area contributed by atoms with Crippen LogP contribution in [0.4, 0.5) is 0 Å². The zero-order valence-corrected chi connectivity index (χ0v) is 9.18. The molecule has 0 unspecified atom stereocenters. The quantitative estimate of drug-likeness (QED) is 0.584. The van der Waals surface area contributed by atoms with Crippen molar-refractivity contribution in [2.45, 2.75) is 13.8 Å². The Balaban J connectivity index is 2.17. The van der Waals surface area contributed by atoms with Gasteiger partial charge in [-0.25, -0.2) is 0 Å². The van der Waals surface area contributed by atoms with Crippen LogP contribution in [0.1, 0.15) is 25.4 Å². The molecule has 16 heavy (non-hydrogen) atoms. The summed E-state index contributed by atoms with van der Waals surface area (Å²) < 4.78 is 10.4. The lowest BCUT2D eigenvalue weighted by Crippen LogP contribution is -1.94. The average molecular weight is 216 g/mol. The van der Waals surface area contributed by atoms with Crippen LogP contribution in [0.5, 0.6) is 0 Å². The Labute approximate surface area is 93.3 Å². The zero-order chi connectivity index (χ0) is 11.4. The van der Waals surface area contributed by atoms with Crippen molar-refractivity contribution in [3.05, 3.63) is 48.3 Å². The number of nitrogens with zero attached hydrogens (tertiary/aromatic N) is 2. The van der Waals surface area contributed by atoms with Gasteiger partial charge in [0, 0.05) is 0 Å². The highest BCUT2D eigenvalue weighted by molar-refractivity contribution is 5.99. The van der Waals surface area contributed by atoms with Crippen molar-refractivity contribution in [1.29, 1.82) is 0 Å². The van der Waals surface area contributed by atoms with Crippen molar-refractivity contribution in [3.63, 3.8) is 0 Å². The molecule has 0 saturated carbocycles. The van der Waals surface area contributed by atoms with Gasteiger partial charge in [-0.05, 0) is 38.1 Å². The lowest BCUT2D eigenvalue weighted by molar-refractivity contribution is 0.555. The van der Waals surface area contributed by atoms with Crippen molar-refractivity contribution >= 4 is 11.4 Å². The summed E-state index contributed by atoms with van der Waals surface area (Å²) in [5.41, 5.74) is 1.46. The third-order valence-electron chi connectivity index (χ3n) is 2.11. The van der Waals surface area contributed by atoms with Crippen molar-refractivity contribution in [2.24, 2.45) is 10.2 Å². The van der Waals surface area contributed by atoms with Crippen LogP contribution in [0.3, 0.4) is 0 Å². The maximum atomic E-state index is 5.19. The third kappa shape index (κ3) is 2.28. The summed E-state index contributed by atoms with van der Waals surface area (Å²) in [6, 6.07) is 7.32. The van der Waals surface area contributed by atoms with Gasteiger partial charge in [0.15, 0.2) is 0 Å². The van der Waals surface area contributed by atoms with E-state index in [4.69, 9.17) is 8.83 Å². The van der Waals surface area contributed by atoms with Gasteiger partial charge in [-0.15, -0.1) is 0 Å². The molecule has 4 nitrogen and oxygen atoms in total. The van der Waals surface area contributed by atoms with Gasteiger partial charge >= 0.3 is 0 Å². The van der Waals surface area contributed by atoms with Crippen LogP contribution in [0, 0.1) is 0 Å². The van der Waals surface area contributed by atoms with Crippen molar-refractivity contribution in [3.8, 4) is 0 Å². The Bertz CT molecular complexity index is 445. The van der Waals surface area contributed by atoms with Crippen LogP contribution in [0.25, 0.3) is 0 Å². The van der Waals surface area contributed by atoms with Gasteiger partial charge in [-0.2, -0.15) is 10.2 Å². The van der Waals surface area contributed by atoms with Crippen LogP contribution < -0.4 is 0 Å². The third-order valence-corrected chi connectivity index (χ3v) is 2.11. The normalized spacial score (nSPS) is 13.1. The first-order valence-corrected chi connectivity index (χ1v) is 4.94. The molecule has 0 aliphatic rings. The van der Waals surface area contributed by atoms with Gasteiger partial charge < -0.3 is 8.83 Å². The molecule has 82 valence electrons. The molecule has 0 N–H and O–H groups in total. The number of hydrogen-bond acceptors (Lipinski definition) is 4. The maximum absolute atomic E-state index is 5.19. The molecule has 0 amide bonds. The Morgan fingerprint density at radius 3 is 1.62 bits per heavy atom. The highest BCUT2D eigenvalue weighted by atomic mass is 16.3. The van der Waals surface area contributed by atoms with Gasteiger partial charge in [-0.1, -0.05) is 0 Å². The summed E-state index contributed by atoms with van der Waals surface area (Å²) in [5, 5.41) is 8.15. The Hall–Kier alpha value is -2.10. The van der Waals surface area contributed by atoms with E-state index in [1.54, 1.807) is 12.5 Å². The van der Waals surface area contributed by atoms with E-state index in [9.17, 15) is 0 Å². The zero-order valence-electron chi connectivity index (χ0n) is 9.18. The molecule has 0 fully saturated rings. The first-order valence-electron chi connectivity index (χ1n) is 4.94. The van der Waals surface area contributed by atoms with Gasteiger partial charge in [0.05, 0.1) is 12.5 Å². The molecule has 0 aliphatic carbocycles. The topological polar surface area (TPSA) is 51.0 Å². The molecule has 0 saturated heterocycles. The summed E-state index contributed by atoms with van der Waals surface area (Å²) >= 11 is 0. The first kappa shape index (κ1) is 10.4. The molecular weight excluding hydrogens is 204 g/mol. The van der Waals surface area contributed by atoms with Crippen molar-refractivity contribution < 1.29 is 8.83 Å². The fraction of sp³-hybridized carbons (Fsp3) is 0.167. The summed E-state index contributed by atoms with van der Waals surface area (Å²) in [5.74, 6) is 1.44. The Morgan fingerprint density at radius 1 is 0.875 bits per heavy atom. The van der Waals surface area contributed by atoms with Gasteiger partial charge in [-0.3, -0.25) is 0 Å². The van der Waals surface area contributed by atoms with E-state index in [0.29, 0.717) is 0 Å². The molecule has 4 heteroatoms. The van der Waals surface area contributed by atoms with E-state index < -0.39 is 0 Å². The SMILES string of the molecule is C/C(=N\N=C(/C)c1ccco1)c1ccco1. The van der Waals surface area contributed by atoms with Gasteiger partial charge in [0.2, 0.25) is 0 Å². The van der Waals surface area contributed by atoms with Crippen LogP contribution in [-0.4, -0.2) is 11.4 Å². The van der Waals surface area contributed by atoms with E-state index in [1.165, 1.54) is 0 Å². The molecule has 0 aromatic carbocycles. The number of hydrogen-bond donors (Lipinski definition) is 0. The lowest BCUT2D eigenvalue weighted by atomic mass is 10.3. The van der Waals surface area contributed by atoms with Gasteiger partial charge in [0.1, 0.15) is 22.9 Å². The van der Waals surface area contributed by atoms with E-state index in [0.717, 1.165) is 22.9 Å². The average Bonchev–Trinajstić information content (AvgIpc) is 2.95. The minimum atomic E-state index is 0.719. The smallest absolute Gasteiger partial charge is 0.149 e. The minimum absolute atomic E-state index is 0.719. The van der Waals surface area contributed by atoms with Crippen LogP contribution >= 0.6 is 0 Å². The molecule has 0 radical (unpaired) electrons. The van der Waals surface area contributed by atoms with Crippen molar-refractivity contribution in [2.75, 3.05) is 0 Å². The molecule has 0 aliphatic heterocycles. The second-order valence-electron chi connectivity index (χ2n) is 3.33. The fourth-order valence-electron chi connectivity index (χ4n) is 1.22. The van der Waals surface area contributed by atoms with E-state index in [2.05, 4.69) is 10.2 Å². The second-order valence-corrected chi connectivity index (χ2v) is 3.33. The van der Waals surface area contributed by atoms with E-state index >= 15 is 0 Å². The molecule has 0 bridgehead atoms. The molecule has 2 aromatic rings. The molecular formula is C12H12N2O2. The van der Waals surface area contributed by atoms with Crippen molar-refractivity contribution in [1.82, 2.24) is 0 Å². The largest absolute Gasteiger partial charge is 0.463 e. The highest BCUT2D eigenvalue weighted by Crippen LogP contribution is 2.05. The fourth-order valence-corrected chi connectivity index (χ4v) is 1.22. The van der Waals surface area contributed by atoms with E-state index in [1.807, 2.05) is 38.1 Å². The molecule has 2 heterocycles. The monoisotopic (exact) mass is 216 g/mol. The second kappa shape index (κ2) is 4.61. The van der Waals surface area contributed by atoms with Crippen LogP contribution in [0.2, 0.25) is 0 Å². The predicted molar refractivity (Wildman–Crippen MR) is 61.8 cm³/mol. The molecule has 0 atom stereocenters. The van der Waals surface area contributed by atoms with E-state index in [-0.39, 0.29) is 0 Å². The van der Waals surface area contributed by atoms with Crippen LogP contribution in [-0.2, 0) is 0 Å². The summed E-state index contributed by atoms with van der Waals surface area (Å²) in [6.07, 6.45) is 3.22. The summed E-state index contributed by atoms with van der Waals surface area (Å²) in [6.45, 7) is 3.69. The van der Waals surface area contributed by atoms with Crippen LogP contribution in [0.15, 0.2) is 55.8 Å². The number of rotatable bonds is 3. The Morgan fingerprint density at radius 2 is 1.31 bits per heavy atom. The number of furan rings is 2. The van der Waals surface area contributed by atoms with Gasteiger partial charge in [0.25, 0.3) is 0 Å². The minimum Gasteiger partial charge on any atom is -0.463 e. The molecule has 2 rings (SSSR count). The molecule has 2 aromatic heterocycles. The lowest BCUT2D eigenvalue weighted by Gasteiger charge is -1.93.